The van der Waals surface area contributed by atoms with E-state index >= 15 is 0 Å². The van der Waals surface area contributed by atoms with E-state index in [4.69, 9.17) is 4.74 Å². The fourth-order valence-corrected chi connectivity index (χ4v) is 4.19. The van der Waals surface area contributed by atoms with Gasteiger partial charge in [-0.3, -0.25) is 9.59 Å². The first-order valence-electron chi connectivity index (χ1n) is 10.3. The first-order chi connectivity index (χ1) is 14.4. The molecular weight excluding hydrogens is 448 g/mol. The Morgan fingerprint density at radius 2 is 2.17 bits per heavy atom. The number of carbonyl (C=O) groups excluding carboxylic acids is 3. The van der Waals surface area contributed by atoms with Gasteiger partial charge >= 0.3 is 5.97 Å². The molecule has 30 heavy (non-hydrogen) atoms. The van der Waals surface area contributed by atoms with Crippen molar-refractivity contribution in [1.29, 1.82) is 0 Å². The third-order valence-corrected chi connectivity index (χ3v) is 6.33. The first-order valence-corrected chi connectivity index (χ1v) is 11.1. The zero-order chi connectivity index (χ0) is 21.7. The molecule has 0 unspecified atom stereocenters. The summed E-state index contributed by atoms with van der Waals surface area (Å²) in [5.74, 6) is -0.820. The minimum absolute atomic E-state index is 0.00943. The van der Waals surface area contributed by atoms with E-state index in [0.29, 0.717) is 25.0 Å². The van der Waals surface area contributed by atoms with Gasteiger partial charge in [0.05, 0.1) is 6.61 Å². The van der Waals surface area contributed by atoms with Crippen molar-refractivity contribution >= 4 is 39.8 Å². The van der Waals surface area contributed by atoms with Crippen LogP contribution in [0.5, 0.6) is 0 Å². The third kappa shape index (κ3) is 5.59. The molecule has 1 aromatic carbocycles. The van der Waals surface area contributed by atoms with Crippen molar-refractivity contribution in [2.75, 3.05) is 13.2 Å². The van der Waals surface area contributed by atoms with Crippen molar-refractivity contribution in [3.63, 3.8) is 0 Å². The molecule has 2 amide bonds. The molecule has 6 nitrogen and oxygen atoms in total. The monoisotopic (exact) mass is 474 g/mol. The van der Waals surface area contributed by atoms with Crippen LogP contribution in [0, 0.1) is 12.8 Å². The van der Waals surface area contributed by atoms with Crippen LogP contribution < -0.4 is 10.6 Å². The number of ether oxygens (including phenoxy) is 1. The average Bonchev–Trinajstić information content (AvgIpc) is 3.11. The molecule has 1 heterocycles. The molecule has 1 fully saturated rings. The number of aryl methyl sites for hydroxylation is 2. The third-order valence-electron chi connectivity index (χ3n) is 5.47. The van der Waals surface area contributed by atoms with Gasteiger partial charge in [-0.05, 0) is 68.4 Å². The van der Waals surface area contributed by atoms with Crippen LogP contribution in [0.2, 0.25) is 0 Å². The van der Waals surface area contributed by atoms with E-state index in [1.54, 1.807) is 13.0 Å². The van der Waals surface area contributed by atoms with Gasteiger partial charge in [-0.1, -0.05) is 28.1 Å². The molecule has 3 rings (SSSR count). The molecule has 2 atom stereocenters. The van der Waals surface area contributed by atoms with E-state index in [0.717, 1.165) is 22.9 Å². The molecule has 1 saturated heterocycles. The maximum Gasteiger partial charge on any atom is 0.330 e. The summed E-state index contributed by atoms with van der Waals surface area (Å²) in [6.07, 6.45) is 7.50. The Kier molecular flexibility index (Phi) is 7.48. The molecule has 0 bridgehead atoms. The van der Waals surface area contributed by atoms with Crippen molar-refractivity contribution in [3.8, 4) is 0 Å². The standard InChI is InChI=1S/C23H27BrN2O4/c1-3-30-21(27)7-6-19(12-17-8-9-25-22(17)28)26-23(29)16-5-4-15-10-14(2)20(24)13-18(15)11-16/h6-7,10-11,13,17,19H,3-5,8-9,12H2,1-2H3,(H,25,28)(H,26,29)/b7-6+/t17-,19+/m0/s1. The lowest BCUT2D eigenvalue weighted by Gasteiger charge is -2.21. The summed E-state index contributed by atoms with van der Waals surface area (Å²) in [6.45, 7) is 4.71. The van der Waals surface area contributed by atoms with Gasteiger partial charge < -0.3 is 15.4 Å². The average molecular weight is 475 g/mol. The number of carbonyl (C=O) groups is 3. The van der Waals surface area contributed by atoms with E-state index in [1.807, 2.05) is 12.1 Å². The number of amides is 2. The Morgan fingerprint density at radius 3 is 2.87 bits per heavy atom. The maximum absolute atomic E-state index is 13.0. The number of hydrogen-bond acceptors (Lipinski definition) is 4. The Labute approximate surface area is 185 Å². The highest BCUT2D eigenvalue weighted by atomic mass is 79.9. The van der Waals surface area contributed by atoms with Crippen LogP contribution in [-0.2, 0) is 25.5 Å². The van der Waals surface area contributed by atoms with Gasteiger partial charge in [0, 0.05) is 34.6 Å². The highest BCUT2D eigenvalue weighted by Gasteiger charge is 2.28. The number of benzene rings is 1. The Hall–Kier alpha value is -2.41. The van der Waals surface area contributed by atoms with E-state index in [-0.39, 0.29) is 24.3 Å². The second-order valence-electron chi connectivity index (χ2n) is 7.67. The van der Waals surface area contributed by atoms with Crippen molar-refractivity contribution in [1.82, 2.24) is 10.6 Å². The van der Waals surface area contributed by atoms with Gasteiger partial charge in [-0.25, -0.2) is 4.79 Å². The number of hydrogen-bond donors (Lipinski definition) is 2. The van der Waals surface area contributed by atoms with Gasteiger partial charge in [0.1, 0.15) is 0 Å². The van der Waals surface area contributed by atoms with Gasteiger partial charge in [0.2, 0.25) is 11.8 Å². The molecule has 0 saturated carbocycles. The summed E-state index contributed by atoms with van der Waals surface area (Å²) < 4.78 is 5.95. The molecular formula is C23H27BrN2O4. The molecule has 2 aliphatic rings. The summed E-state index contributed by atoms with van der Waals surface area (Å²) in [4.78, 5) is 36.6. The van der Waals surface area contributed by atoms with Crippen LogP contribution in [0.4, 0.5) is 0 Å². The molecule has 0 radical (unpaired) electrons. The summed E-state index contributed by atoms with van der Waals surface area (Å²) in [6, 6.07) is 3.76. The second-order valence-corrected chi connectivity index (χ2v) is 8.53. The SMILES string of the molecule is CCOC(=O)/C=C/[C@H](C[C@@H]1CCNC1=O)NC(=O)C1=Cc2cc(Br)c(C)cc2CC1. The number of fused-ring (bicyclic) bond motifs is 1. The van der Waals surface area contributed by atoms with Crippen LogP contribution in [0.3, 0.4) is 0 Å². The molecule has 7 heteroatoms. The highest BCUT2D eigenvalue weighted by Crippen LogP contribution is 2.29. The summed E-state index contributed by atoms with van der Waals surface area (Å²) in [7, 11) is 0. The van der Waals surface area contributed by atoms with Crippen LogP contribution in [0.1, 0.15) is 42.9 Å². The predicted octanol–water partition coefficient (Wildman–Crippen LogP) is 3.22. The predicted molar refractivity (Wildman–Crippen MR) is 119 cm³/mol. The van der Waals surface area contributed by atoms with Gasteiger partial charge in [-0.2, -0.15) is 0 Å². The number of nitrogens with one attached hydrogen (secondary N) is 2. The molecule has 1 aliphatic heterocycles. The van der Waals surface area contributed by atoms with Crippen LogP contribution in [-0.4, -0.2) is 37.0 Å². The molecule has 160 valence electrons. The van der Waals surface area contributed by atoms with Gasteiger partial charge in [-0.15, -0.1) is 0 Å². The molecule has 2 N–H and O–H groups in total. The lowest BCUT2D eigenvalue weighted by molar-refractivity contribution is -0.137. The van der Waals surface area contributed by atoms with Crippen molar-refractivity contribution in [2.45, 2.75) is 45.6 Å². The quantitative estimate of drug-likeness (QED) is 0.469. The highest BCUT2D eigenvalue weighted by molar-refractivity contribution is 9.10. The Bertz CT molecular complexity index is 907. The number of rotatable bonds is 7. The van der Waals surface area contributed by atoms with E-state index < -0.39 is 12.0 Å². The summed E-state index contributed by atoms with van der Waals surface area (Å²) in [5.41, 5.74) is 4.14. The largest absolute Gasteiger partial charge is 0.463 e. The van der Waals surface area contributed by atoms with E-state index in [1.165, 1.54) is 17.2 Å². The smallest absolute Gasteiger partial charge is 0.330 e. The van der Waals surface area contributed by atoms with Crippen molar-refractivity contribution in [2.24, 2.45) is 5.92 Å². The number of esters is 1. The summed E-state index contributed by atoms with van der Waals surface area (Å²) in [5, 5.41) is 5.81. The number of halogens is 1. The zero-order valence-electron chi connectivity index (χ0n) is 17.3. The molecule has 0 aromatic heterocycles. The van der Waals surface area contributed by atoms with Crippen molar-refractivity contribution in [3.05, 3.63) is 51.0 Å². The lowest BCUT2D eigenvalue weighted by Crippen LogP contribution is -2.37. The van der Waals surface area contributed by atoms with E-state index in [2.05, 4.69) is 39.6 Å². The molecule has 0 spiro atoms. The van der Waals surface area contributed by atoms with Gasteiger partial charge in [0.15, 0.2) is 0 Å². The minimum Gasteiger partial charge on any atom is -0.463 e. The van der Waals surface area contributed by atoms with Gasteiger partial charge in [0.25, 0.3) is 0 Å². The normalized spacial score (nSPS) is 19.1. The Morgan fingerprint density at radius 1 is 1.37 bits per heavy atom. The van der Waals surface area contributed by atoms with Crippen LogP contribution in [0.25, 0.3) is 6.08 Å². The molecule has 1 aliphatic carbocycles. The van der Waals surface area contributed by atoms with E-state index in [9.17, 15) is 14.4 Å². The minimum atomic E-state index is -0.460. The fraction of sp³-hybridized carbons (Fsp3) is 0.435. The topological polar surface area (TPSA) is 84.5 Å². The lowest BCUT2D eigenvalue weighted by atomic mass is 9.90. The zero-order valence-corrected chi connectivity index (χ0v) is 18.9. The molecule has 1 aromatic rings. The summed E-state index contributed by atoms with van der Waals surface area (Å²) >= 11 is 3.55. The van der Waals surface area contributed by atoms with Crippen molar-refractivity contribution < 1.29 is 19.1 Å². The second kappa shape index (κ2) is 10.1. The fourth-order valence-electron chi connectivity index (χ4n) is 3.82. The van der Waals surface area contributed by atoms with Crippen LogP contribution in [0.15, 0.2) is 34.3 Å². The maximum atomic E-state index is 13.0. The first kappa shape index (κ1) is 22.3. The Balaban J connectivity index is 1.74. The van der Waals surface area contributed by atoms with Crippen LogP contribution >= 0.6 is 15.9 Å².